The van der Waals surface area contributed by atoms with Crippen LogP contribution in [0.15, 0.2) is 169 Å². The van der Waals surface area contributed by atoms with Crippen molar-refractivity contribution in [3.63, 3.8) is 0 Å². The van der Waals surface area contributed by atoms with E-state index in [2.05, 4.69) is 34.6 Å². The van der Waals surface area contributed by atoms with Crippen LogP contribution in [-0.4, -0.2) is 22.8 Å². The van der Waals surface area contributed by atoms with Crippen LogP contribution in [0.2, 0.25) is 5.02 Å². The zero-order valence-corrected chi connectivity index (χ0v) is 48.7. The van der Waals surface area contributed by atoms with Gasteiger partial charge in [0.05, 0.1) is 28.4 Å². The summed E-state index contributed by atoms with van der Waals surface area (Å²) in [4.78, 5) is 111. The highest BCUT2D eigenvalue weighted by Crippen LogP contribution is 2.23. The summed E-state index contributed by atoms with van der Waals surface area (Å²) in [5.74, 6) is 0.0518. The number of aromatic nitrogens is 5. The molecule has 0 aliphatic rings. The molecular weight excluding hydrogens is 1180 g/mol. The van der Waals surface area contributed by atoms with E-state index in [0.717, 1.165) is 118 Å². The Hall–Kier alpha value is -5.78. The van der Waals surface area contributed by atoms with Crippen LogP contribution in [0.3, 0.4) is 0 Å². The number of hydrogen-bond acceptors (Lipinski definition) is 20. The van der Waals surface area contributed by atoms with Crippen molar-refractivity contribution in [2.24, 2.45) is 0 Å². The van der Waals surface area contributed by atoms with E-state index >= 15 is 0 Å². The molecule has 15 nitrogen and oxygen atoms in total. The topological polar surface area (TPSA) is 195 Å². The molecule has 5 aromatic heterocycles. The summed E-state index contributed by atoms with van der Waals surface area (Å²) >= 11 is 5.76. The van der Waals surface area contributed by atoms with Gasteiger partial charge in [0.15, 0.2) is 0 Å². The van der Waals surface area contributed by atoms with Gasteiger partial charge in [-0.2, -0.15) is 0 Å². The predicted octanol–water partition coefficient (Wildman–Crippen LogP) is 10.1. The predicted molar refractivity (Wildman–Crippen MR) is 313 cm³/mol. The maximum absolute atomic E-state index is 12.6. The van der Waals surface area contributed by atoms with Crippen LogP contribution in [0.1, 0.15) is 57.2 Å². The highest BCUT2D eigenvalue weighted by atomic mass is 35.5. The third kappa shape index (κ3) is 15.4. The molecule has 27 heteroatoms. The summed E-state index contributed by atoms with van der Waals surface area (Å²) in [7, 11) is 9.42. The monoisotopic (exact) mass is 1220 g/mol. The molecule has 0 N–H and O–H groups in total. The van der Waals surface area contributed by atoms with Gasteiger partial charge in [-0.1, -0.05) is 94.2 Å². The minimum absolute atomic E-state index is 0.0705. The van der Waals surface area contributed by atoms with Crippen molar-refractivity contribution in [2.75, 3.05) is 0 Å². The first kappa shape index (κ1) is 58.5. The molecule has 0 unspecified atom stereocenters. The maximum atomic E-state index is 12.6. The molecule has 390 valence electrons. The lowest BCUT2D eigenvalue weighted by Crippen LogP contribution is -2.22. The van der Waals surface area contributed by atoms with Crippen molar-refractivity contribution >= 4 is 115 Å². The number of nitrogens with zero attached hydrogens (tertiary/aromatic N) is 5. The van der Waals surface area contributed by atoms with Crippen LogP contribution in [0.4, 0.5) is 4.39 Å². The van der Waals surface area contributed by atoms with Crippen LogP contribution < -0.4 is 48.7 Å². The lowest BCUT2D eigenvalue weighted by molar-refractivity contribution is 0.590. The summed E-state index contributed by atoms with van der Waals surface area (Å²) in [6, 6.07) is 34.3. The Morgan fingerprint density at radius 1 is 0.400 bits per heavy atom. The summed E-state index contributed by atoms with van der Waals surface area (Å²) in [6.45, 7) is 12.5. The molecule has 0 atom stereocenters. The molecule has 0 fully saturated rings. The largest absolute Gasteiger partial charge is 0.325 e. The Morgan fingerprint density at radius 2 is 0.680 bits per heavy atom. The van der Waals surface area contributed by atoms with E-state index < -0.39 is 5.82 Å². The van der Waals surface area contributed by atoms with Gasteiger partial charge in [0, 0.05) is 5.02 Å². The van der Waals surface area contributed by atoms with E-state index in [4.69, 9.17) is 11.6 Å². The molecule has 5 heterocycles. The summed E-state index contributed by atoms with van der Waals surface area (Å²) in [5, 5.41) is 0.505. The Balaban J connectivity index is 0.000000153. The minimum Gasteiger partial charge on any atom is -0.255 e. The molecule has 0 radical (unpaired) electrons. The van der Waals surface area contributed by atoms with Crippen molar-refractivity contribution in [3.8, 4) is 28.4 Å². The first-order valence-electron chi connectivity index (χ1n) is 21.4. The lowest BCUT2D eigenvalue weighted by atomic mass is 9.87. The lowest BCUT2D eigenvalue weighted by Gasteiger charge is -2.18. The molecule has 75 heavy (non-hydrogen) atoms. The Labute approximate surface area is 464 Å². The molecule has 0 spiro atoms. The molecule has 0 saturated carbocycles. The van der Waals surface area contributed by atoms with Gasteiger partial charge in [0.2, 0.25) is 0 Å². The fourth-order valence-electron chi connectivity index (χ4n) is 6.17. The van der Waals surface area contributed by atoms with Gasteiger partial charge in [-0.3, -0.25) is 47.9 Å². The van der Waals surface area contributed by atoms with Crippen molar-refractivity contribution in [1.29, 1.82) is 0 Å². The van der Waals surface area contributed by atoms with E-state index in [9.17, 15) is 52.3 Å². The van der Waals surface area contributed by atoms with E-state index in [0.29, 0.717) is 39.4 Å². The third-order valence-corrected chi connectivity index (χ3v) is 19.4. The van der Waals surface area contributed by atoms with Gasteiger partial charge in [0.25, 0.3) is 0 Å². The van der Waals surface area contributed by atoms with Crippen LogP contribution in [0.5, 0.6) is 0 Å². The highest BCUT2D eigenvalue weighted by Gasteiger charge is 2.15. The van der Waals surface area contributed by atoms with Gasteiger partial charge >= 0.3 is 48.7 Å². The van der Waals surface area contributed by atoms with E-state index in [1.807, 2.05) is 67.6 Å². The standard InChI is InChI=1S/C12H13NO2S2.C11H11NO2S2.C9H7NO2S2.C8H4ClNO2S2.C8H4FNO2S2/c1-12(2,3)8-4-6-9(7-5-8)13-10(14)16-17-11(13)15;1-7(2)8-3-5-9(6-4-8)12-10(13)15-16-11(12)14;1-6-2-4-7(5-3-6)10-8(11)13-14-9(10)12;9-5-2-1-3-6(4-5)10-7(11)13-14-8(10)12;9-5-1-3-6(4-2-5)10-7(11)13-14-8(10)12/h4-7H,1-3H3;3-7H,1-2H3;2-5H,1H3;2*1-4H. The third-order valence-electron chi connectivity index (χ3n) is 10.00. The average molecular weight is 1220 g/mol. The number of rotatable bonds is 6. The highest BCUT2D eigenvalue weighted by molar-refractivity contribution is 7.68. The number of halogens is 2. The van der Waals surface area contributed by atoms with Crippen LogP contribution in [-0.2, 0) is 5.41 Å². The second-order valence-corrected chi connectivity index (χ2v) is 27.1. The van der Waals surface area contributed by atoms with Crippen molar-refractivity contribution in [1.82, 2.24) is 22.8 Å². The fourth-order valence-corrected chi connectivity index (χ4v) is 14.4. The van der Waals surface area contributed by atoms with Crippen LogP contribution in [0.25, 0.3) is 28.4 Å². The van der Waals surface area contributed by atoms with E-state index in [1.54, 1.807) is 36.4 Å². The van der Waals surface area contributed by atoms with E-state index in [-0.39, 0.29) is 54.1 Å². The fraction of sp³-hybridized carbons (Fsp3) is 0.167. The zero-order chi connectivity index (χ0) is 54.7. The number of benzene rings is 5. The second-order valence-electron chi connectivity index (χ2n) is 16.5. The zero-order valence-electron chi connectivity index (χ0n) is 39.8. The molecule has 10 rings (SSSR count). The molecule has 0 aliphatic carbocycles. The molecule has 5 aromatic carbocycles. The molecule has 0 saturated heterocycles. The first-order chi connectivity index (χ1) is 35.5. The van der Waals surface area contributed by atoms with Crippen LogP contribution in [0, 0.1) is 12.7 Å². The van der Waals surface area contributed by atoms with Crippen molar-refractivity contribution in [2.45, 2.75) is 52.9 Å². The van der Waals surface area contributed by atoms with Gasteiger partial charge in [-0.15, -0.1) is 0 Å². The molecular formula is C48H39ClFN5O10S10. The first-order valence-corrected chi connectivity index (χ1v) is 32.6. The number of hydrogen-bond donors (Lipinski definition) is 0. The quantitative estimate of drug-likeness (QED) is 0.145. The SMILES string of the molecule is CC(C)(C)c1ccc(-n2c(=O)ssc2=O)cc1.CC(C)c1ccc(-n2c(=O)ssc2=O)cc1.Cc1ccc(-n2c(=O)ssc2=O)cc1.O=c1ssc(=O)n1-c1ccc(F)cc1.O=c1ssc(=O)n1-c1cccc(Cl)c1. The molecule has 0 aliphatic heterocycles. The van der Waals surface area contributed by atoms with Gasteiger partial charge in [-0.05, 0) is 212 Å². The number of aryl methyl sites for hydroxylation is 1. The Bertz CT molecular complexity index is 3890. The second kappa shape index (κ2) is 26.3. The molecule has 0 amide bonds. The van der Waals surface area contributed by atoms with Crippen molar-refractivity contribution < 1.29 is 4.39 Å². The summed E-state index contributed by atoms with van der Waals surface area (Å²) < 4.78 is 18.3. The minimum atomic E-state index is -0.395. The molecule has 10 aromatic rings. The Kier molecular flexibility index (Phi) is 20.5. The normalized spacial score (nSPS) is 10.8. The Morgan fingerprint density at radius 3 is 0.973 bits per heavy atom. The van der Waals surface area contributed by atoms with Crippen molar-refractivity contribution in [3.05, 3.63) is 246 Å². The molecule has 0 bridgehead atoms. The summed E-state index contributed by atoms with van der Waals surface area (Å²) in [6.07, 6.45) is 0. The van der Waals surface area contributed by atoms with Gasteiger partial charge in [-0.25, -0.2) is 27.2 Å². The van der Waals surface area contributed by atoms with Crippen LogP contribution >= 0.6 is 115 Å². The summed E-state index contributed by atoms with van der Waals surface area (Å²) in [5.41, 5.74) is 6.41. The van der Waals surface area contributed by atoms with Gasteiger partial charge in [0.1, 0.15) is 5.82 Å². The average Bonchev–Trinajstić information content (AvgIpc) is 4.18. The maximum Gasteiger partial charge on any atom is 0.325 e. The van der Waals surface area contributed by atoms with E-state index in [1.165, 1.54) is 49.1 Å². The smallest absolute Gasteiger partial charge is 0.255 e. The van der Waals surface area contributed by atoms with Gasteiger partial charge < -0.3 is 0 Å².